The summed E-state index contributed by atoms with van der Waals surface area (Å²) in [5.41, 5.74) is 3.25. The first-order chi connectivity index (χ1) is 10.0. The maximum Gasteiger partial charge on any atom is 0.339 e. The lowest BCUT2D eigenvalue weighted by atomic mass is 10.1. The smallest absolute Gasteiger partial charge is 0.339 e. The zero-order chi connectivity index (χ0) is 15.4. The Hall–Kier alpha value is -2.21. The Kier molecular flexibility index (Phi) is 4.70. The molecule has 0 aliphatic rings. The molecule has 21 heavy (non-hydrogen) atoms. The second kappa shape index (κ2) is 6.49. The monoisotopic (exact) mass is 289 g/mol. The van der Waals surface area contributed by atoms with E-state index in [4.69, 9.17) is 4.52 Å². The predicted molar refractivity (Wildman–Crippen MR) is 76.8 cm³/mol. The number of aryl methyl sites for hydroxylation is 2. The van der Waals surface area contributed by atoms with Crippen LogP contribution >= 0.6 is 0 Å². The molecule has 0 fully saturated rings. The van der Waals surface area contributed by atoms with Gasteiger partial charge in [0.15, 0.2) is 0 Å². The number of carbonyl (C=O) groups excluding carboxylic acids is 1. The molecule has 2 heterocycles. The molecule has 0 radical (unpaired) electrons. The molecule has 1 unspecified atom stereocenters. The molecular weight excluding hydrogens is 270 g/mol. The number of pyridine rings is 1. The van der Waals surface area contributed by atoms with E-state index in [1.165, 1.54) is 13.3 Å². The Labute approximate surface area is 123 Å². The molecule has 0 amide bonds. The Morgan fingerprint density at radius 1 is 1.43 bits per heavy atom. The fraction of sp³-hybridized carbons (Fsp3) is 0.400. The molecule has 0 saturated carbocycles. The van der Waals surface area contributed by atoms with E-state index in [2.05, 4.69) is 27.1 Å². The first-order valence-corrected chi connectivity index (χ1v) is 6.72. The molecule has 6 nitrogen and oxygen atoms in total. The first kappa shape index (κ1) is 15.2. The van der Waals surface area contributed by atoms with Crippen LogP contribution in [0.25, 0.3) is 0 Å². The maximum atomic E-state index is 11.3. The van der Waals surface area contributed by atoms with Crippen LogP contribution in [0, 0.1) is 13.8 Å². The number of rotatable bonds is 5. The van der Waals surface area contributed by atoms with Crippen molar-refractivity contribution >= 4 is 5.97 Å². The highest BCUT2D eigenvalue weighted by molar-refractivity contribution is 5.88. The SMILES string of the molecule is COC(=O)c1ccc(CNC(C)c2c(C)noc2C)nc1. The molecule has 0 spiro atoms. The summed E-state index contributed by atoms with van der Waals surface area (Å²) in [5, 5.41) is 7.32. The maximum absolute atomic E-state index is 11.3. The average molecular weight is 289 g/mol. The Balaban J connectivity index is 1.98. The Morgan fingerprint density at radius 2 is 2.19 bits per heavy atom. The van der Waals surface area contributed by atoms with Crippen LogP contribution in [-0.2, 0) is 11.3 Å². The molecule has 2 rings (SSSR count). The lowest BCUT2D eigenvalue weighted by Crippen LogP contribution is -2.19. The van der Waals surface area contributed by atoms with Crippen LogP contribution in [0.5, 0.6) is 0 Å². The fourth-order valence-electron chi connectivity index (χ4n) is 2.24. The quantitative estimate of drug-likeness (QED) is 0.851. The van der Waals surface area contributed by atoms with E-state index in [0.717, 1.165) is 22.7 Å². The summed E-state index contributed by atoms with van der Waals surface area (Å²) < 4.78 is 9.80. The lowest BCUT2D eigenvalue weighted by Gasteiger charge is -2.13. The van der Waals surface area contributed by atoms with Gasteiger partial charge in [0, 0.05) is 24.3 Å². The van der Waals surface area contributed by atoms with Crippen molar-refractivity contribution < 1.29 is 14.1 Å². The molecule has 0 aliphatic carbocycles. The number of ether oxygens (including phenoxy) is 1. The molecule has 1 atom stereocenters. The van der Waals surface area contributed by atoms with Gasteiger partial charge in [-0.3, -0.25) is 4.98 Å². The van der Waals surface area contributed by atoms with Gasteiger partial charge >= 0.3 is 5.97 Å². The third-order valence-electron chi connectivity index (χ3n) is 3.36. The summed E-state index contributed by atoms with van der Waals surface area (Å²) in [6.07, 6.45) is 1.52. The molecule has 0 bridgehead atoms. The highest BCUT2D eigenvalue weighted by Crippen LogP contribution is 2.21. The summed E-state index contributed by atoms with van der Waals surface area (Å²) in [7, 11) is 1.35. The van der Waals surface area contributed by atoms with Crippen LogP contribution in [0.2, 0.25) is 0 Å². The van der Waals surface area contributed by atoms with Gasteiger partial charge in [-0.05, 0) is 32.9 Å². The van der Waals surface area contributed by atoms with Crippen LogP contribution in [0.3, 0.4) is 0 Å². The van der Waals surface area contributed by atoms with Gasteiger partial charge in [-0.25, -0.2) is 4.79 Å². The minimum Gasteiger partial charge on any atom is -0.465 e. The highest BCUT2D eigenvalue weighted by Gasteiger charge is 2.16. The number of nitrogens with one attached hydrogen (secondary N) is 1. The first-order valence-electron chi connectivity index (χ1n) is 6.72. The standard InChI is InChI=1S/C15H19N3O3/c1-9(14-10(2)18-21-11(14)3)16-8-13-6-5-12(7-17-13)15(19)20-4/h5-7,9,16H,8H2,1-4H3. The number of hydrogen-bond donors (Lipinski definition) is 1. The van der Waals surface area contributed by atoms with E-state index in [9.17, 15) is 4.79 Å². The summed E-state index contributed by atoms with van der Waals surface area (Å²) in [4.78, 5) is 15.6. The van der Waals surface area contributed by atoms with Gasteiger partial charge < -0.3 is 14.6 Å². The van der Waals surface area contributed by atoms with Crippen LogP contribution in [0.4, 0.5) is 0 Å². The minimum atomic E-state index is -0.383. The molecule has 2 aromatic heterocycles. The van der Waals surface area contributed by atoms with E-state index in [0.29, 0.717) is 12.1 Å². The van der Waals surface area contributed by atoms with E-state index in [1.807, 2.05) is 13.8 Å². The van der Waals surface area contributed by atoms with Crippen LogP contribution in [0.15, 0.2) is 22.9 Å². The van der Waals surface area contributed by atoms with E-state index in [1.54, 1.807) is 12.1 Å². The third kappa shape index (κ3) is 3.46. The lowest BCUT2D eigenvalue weighted by molar-refractivity contribution is 0.0600. The topological polar surface area (TPSA) is 77.2 Å². The van der Waals surface area contributed by atoms with Gasteiger partial charge in [0.2, 0.25) is 0 Å². The normalized spacial score (nSPS) is 12.2. The predicted octanol–water partition coefficient (Wildman–Crippen LogP) is 2.32. The van der Waals surface area contributed by atoms with Crippen molar-refractivity contribution in [2.75, 3.05) is 7.11 Å². The summed E-state index contributed by atoms with van der Waals surface area (Å²) >= 11 is 0. The van der Waals surface area contributed by atoms with Crippen molar-refractivity contribution in [3.8, 4) is 0 Å². The van der Waals surface area contributed by atoms with Crippen molar-refractivity contribution in [2.24, 2.45) is 0 Å². The number of carbonyl (C=O) groups is 1. The van der Waals surface area contributed by atoms with E-state index in [-0.39, 0.29) is 12.0 Å². The Morgan fingerprint density at radius 3 is 2.71 bits per heavy atom. The zero-order valence-electron chi connectivity index (χ0n) is 12.6. The number of nitrogens with zero attached hydrogens (tertiary/aromatic N) is 2. The molecule has 0 aliphatic heterocycles. The molecule has 6 heteroatoms. The zero-order valence-corrected chi connectivity index (χ0v) is 12.6. The number of methoxy groups -OCH3 is 1. The molecule has 0 saturated heterocycles. The van der Waals surface area contributed by atoms with Crippen molar-refractivity contribution in [1.82, 2.24) is 15.5 Å². The third-order valence-corrected chi connectivity index (χ3v) is 3.36. The fourth-order valence-corrected chi connectivity index (χ4v) is 2.24. The van der Waals surface area contributed by atoms with Crippen LogP contribution in [0.1, 0.15) is 46.0 Å². The molecule has 112 valence electrons. The van der Waals surface area contributed by atoms with Gasteiger partial charge in [-0.1, -0.05) is 5.16 Å². The van der Waals surface area contributed by atoms with Crippen LogP contribution < -0.4 is 5.32 Å². The second-order valence-electron chi connectivity index (χ2n) is 4.87. The molecular formula is C15H19N3O3. The van der Waals surface area contributed by atoms with Crippen molar-refractivity contribution in [3.63, 3.8) is 0 Å². The van der Waals surface area contributed by atoms with Crippen molar-refractivity contribution in [3.05, 3.63) is 46.6 Å². The highest BCUT2D eigenvalue weighted by atomic mass is 16.5. The van der Waals surface area contributed by atoms with Gasteiger partial charge in [-0.15, -0.1) is 0 Å². The van der Waals surface area contributed by atoms with Gasteiger partial charge in [0.05, 0.1) is 24.1 Å². The number of hydrogen-bond acceptors (Lipinski definition) is 6. The molecule has 0 aromatic carbocycles. The summed E-state index contributed by atoms with van der Waals surface area (Å²) in [6.45, 7) is 6.46. The van der Waals surface area contributed by atoms with Gasteiger partial charge in [0.25, 0.3) is 0 Å². The van der Waals surface area contributed by atoms with Crippen LogP contribution in [-0.4, -0.2) is 23.2 Å². The number of aromatic nitrogens is 2. The van der Waals surface area contributed by atoms with E-state index >= 15 is 0 Å². The largest absolute Gasteiger partial charge is 0.465 e. The number of esters is 1. The second-order valence-corrected chi connectivity index (χ2v) is 4.87. The minimum absolute atomic E-state index is 0.110. The molecule has 1 N–H and O–H groups in total. The van der Waals surface area contributed by atoms with E-state index < -0.39 is 0 Å². The average Bonchev–Trinajstić information content (AvgIpc) is 2.83. The molecule has 2 aromatic rings. The van der Waals surface area contributed by atoms with Crippen molar-refractivity contribution in [2.45, 2.75) is 33.4 Å². The Bertz CT molecular complexity index is 600. The van der Waals surface area contributed by atoms with Gasteiger partial charge in [0.1, 0.15) is 5.76 Å². The summed E-state index contributed by atoms with van der Waals surface area (Å²) in [6, 6.07) is 3.62. The van der Waals surface area contributed by atoms with Crippen molar-refractivity contribution in [1.29, 1.82) is 0 Å². The summed E-state index contributed by atoms with van der Waals surface area (Å²) in [5.74, 6) is 0.438. The van der Waals surface area contributed by atoms with Gasteiger partial charge in [-0.2, -0.15) is 0 Å².